The SMILES string of the molecule is N#Cc1ccc(CNC2CCC(C#N)(c3ccccc3)CC2)s1. The molecule has 0 aliphatic heterocycles. The molecule has 0 amide bonds. The number of nitrogens with one attached hydrogen (secondary N) is 1. The first-order valence-corrected chi connectivity index (χ1v) is 8.76. The minimum absolute atomic E-state index is 0.323. The van der Waals surface area contributed by atoms with Gasteiger partial charge >= 0.3 is 0 Å². The molecule has 4 heteroatoms. The van der Waals surface area contributed by atoms with Crippen LogP contribution in [0.1, 0.15) is 41.0 Å². The second-order valence-electron chi connectivity index (χ2n) is 6.09. The van der Waals surface area contributed by atoms with Crippen LogP contribution in [0.15, 0.2) is 42.5 Å². The Labute approximate surface area is 141 Å². The Morgan fingerprint density at radius 1 is 1.09 bits per heavy atom. The Hall–Kier alpha value is -2.14. The summed E-state index contributed by atoms with van der Waals surface area (Å²) in [7, 11) is 0. The summed E-state index contributed by atoms with van der Waals surface area (Å²) in [5.41, 5.74) is 0.828. The molecule has 1 heterocycles. The average Bonchev–Trinajstić information content (AvgIpc) is 3.09. The van der Waals surface area contributed by atoms with E-state index in [0.29, 0.717) is 6.04 Å². The topological polar surface area (TPSA) is 59.6 Å². The minimum atomic E-state index is -0.323. The number of nitrogens with zero attached hydrogens (tertiary/aromatic N) is 2. The van der Waals surface area contributed by atoms with Crippen LogP contribution in [0.25, 0.3) is 0 Å². The van der Waals surface area contributed by atoms with Gasteiger partial charge in [0.15, 0.2) is 0 Å². The largest absolute Gasteiger partial charge is 0.309 e. The molecule has 1 aromatic heterocycles. The van der Waals surface area contributed by atoms with Crippen molar-refractivity contribution in [2.24, 2.45) is 0 Å². The van der Waals surface area contributed by atoms with Gasteiger partial charge in [-0.2, -0.15) is 10.5 Å². The van der Waals surface area contributed by atoms with Crippen LogP contribution in [0.2, 0.25) is 0 Å². The molecule has 0 atom stereocenters. The van der Waals surface area contributed by atoms with Gasteiger partial charge in [0.2, 0.25) is 0 Å². The zero-order valence-electron chi connectivity index (χ0n) is 13.0. The van der Waals surface area contributed by atoms with Crippen LogP contribution in [0.5, 0.6) is 0 Å². The lowest BCUT2D eigenvalue weighted by molar-refractivity contribution is 0.295. The molecule has 1 fully saturated rings. The van der Waals surface area contributed by atoms with Crippen molar-refractivity contribution in [2.75, 3.05) is 0 Å². The van der Waals surface area contributed by atoms with E-state index in [-0.39, 0.29) is 5.41 Å². The maximum Gasteiger partial charge on any atom is 0.110 e. The fourth-order valence-electron chi connectivity index (χ4n) is 3.31. The zero-order chi connectivity index (χ0) is 16.1. The van der Waals surface area contributed by atoms with Gasteiger partial charge < -0.3 is 5.32 Å². The fraction of sp³-hybridized carbons (Fsp3) is 0.368. The number of thiophene rings is 1. The summed E-state index contributed by atoms with van der Waals surface area (Å²) in [6, 6.07) is 19.3. The first-order chi connectivity index (χ1) is 11.3. The summed E-state index contributed by atoms with van der Waals surface area (Å²) in [5.74, 6) is 0. The van der Waals surface area contributed by atoms with Crippen LogP contribution < -0.4 is 5.32 Å². The summed E-state index contributed by atoms with van der Waals surface area (Å²) in [4.78, 5) is 1.96. The van der Waals surface area contributed by atoms with Gasteiger partial charge in [-0.15, -0.1) is 11.3 Å². The summed E-state index contributed by atoms with van der Waals surface area (Å²) in [5, 5.41) is 22.2. The van der Waals surface area contributed by atoms with E-state index in [1.54, 1.807) is 11.3 Å². The molecule has 1 aliphatic carbocycles. The molecular weight excluding hydrogens is 302 g/mol. The third kappa shape index (κ3) is 3.45. The van der Waals surface area contributed by atoms with Crippen LogP contribution in [0, 0.1) is 22.7 Å². The Kier molecular flexibility index (Phi) is 4.76. The van der Waals surface area contributed by atoms with E-state index in [2.05, 4.69) is 29.6 Å². The van der Waals surface area contributed by atoms with Crippen molar-refractivity contribution in [3.8, 4) is 12.1 Å². The highest BCUT2D eigenvalue weighted by Crippen LogP contribution is 2.39. The highest BCUT2D eigenvalue weighted by Gasteiger charge is 2.36. The molecule has 0 unspecified atom stereocenters. The van der Waals surface area contributed by atoms with Gasteiger partial charge in [0.25, 0.3) is 0 Å². The van der Waals surface area contributed by atoms with Crippen molar-refractivity contribution in [1.29, 1.82) is 10.5 Å². The van der Waals surface area contributed by atoms with Crippen LogP contribution in [0.4, 0.5) is 0 Å². The van der Waals surface area contributed by atoms with Crippen molar-refractivity contribution >= 4 is 11.3 Å². The molecule has 1 saturated carbocycles. The second-order valence-corrected chi connectivity index (χ2v) is 7.26. The molecule has 0 spiro atoms. The molecule has 23 heavy (non-hydrogen) atoms. The highest BCUT2D eigenvalue weighted by molar-refractivity contribution is 7.12. The van der Waals surface area contributed by atoms with Crippen LogP contribution in [-0.2, 0) is 12.0 Å². The van der Waals surface area contributed by atoms with Gasteiger partial charge in [-0.05, 0) is 43.4 Å². The maximum absolute atomic E-state index is 9.72. The van der Waals surface area contributed by atoms with Crippen LogP contribution >= 0.6 is 11.3 Å². The van der Waals surface area contributed by atoms with Crippen molar-refractivity contribution in [3.05, 3.63) is 57.8 Å². The Balaban J connectivity index is 1.58. The minimum Gasteiger partial charge on any atom is -0.309 e. The van der Waals surface area contributed by atoms with E-state index >= 15 is 0 Å². The lowest BCUT2D eigenvalue weighted by atomic mass is 9.69. The summed E-state index contributed by atoms with van der Waals surface area (Å²) < 4.78 is 0. The number of benzene rings is 1. The lowest BCUT2D eigenvalue weighted by Crippen LogP contribution is -2.38. The molecule has 1 aliphatic rings. The van der Waals surface area contributed by atoms with E-state index in [0.717, 1.165) is 42.7 Å². The molecule has 1 aromatic carbocycles. The van der Waals surface area contributed by atoms with Crippen molar-refractivity contribution in [3.63, 3.8) is 0 Å². The molecule has 2 aromatic rings. The quantitative estimate of drug-likeness (QED) is 0.921. The summed E-state index contributed by atoms with van der Waals surface area (Å²) >= 11 is 1.55. The third-order valence-electron chi connectivity index (χ3n) is 4.72. The smallest absolute Gasteiger partial charge is 0.110 e. The van der Waals surface area contributed by atoms with E-state index in [1.807, 2.05) is 30.3 Å². The van der Waals surface area contributed by atoms with Crippen molar-refractivity contribution in [2.45, 2.75) is 43.7 Å². The zero-order valence-corrected chi connectivity index (χ0v) is 13.8. The molecular formula is C19H19N3S. The van der Waals surface area contributed by atoms with E-state index in [4.69, 9.17) is 5.26 Å². The van der Waals surface area contributed by atoms with Gasteiger partial charge in [-0.25, -0.2) is 0 Å². The Morgan fingerprint density at radius 2 is 1.83 bits per heavy atom. The molecule has 3 rings (SSSR count). The monoisotopic (exact) mass is 321 g/mol. The number of nitriles is 2. The van der Waals surface area contributed by atoms with Gasteiger partial charge in [-0.1, -0.05) is 30.3 Å². The van der Waals surface area contributed by atoms with Crippen molar-refractivity contribution in [1.82, 2.24) is 5.32 Å². The number of hydrogen-bond acceptors (Lipinski definition) is 4. The third-order valence-corrected chi connectivity index (χ3v) is 5.71. The molecule has 116 valence electrons. The first-order valence-electron chi connectivity index (χ1n) is 7.95. The predicted molar refractivity (Wildman–Crippen MR) is 91.9 cm³/mol. The first kappa shape index (κ1) is 15.7. The number of rotatable bonds is 4. The molecule has 3 nitrogen and oxygen atoms in total. The second kappa shape index (κ2) is 6.96. The van der Waals surface area contributed by atoms with Crippen LogP contribution in [0.3, 0.4) is 0 Å². The lowest BCUT2D eigenvalue weighted by Gasteiger charge is -2.35. The Bertz CT molecular complexity index is 728. The predicted octanol–water partition coefficient (Wildman–Crippen LogP) is 4.11. The van der Waals surface area contributed by atoms with Gasteiger partial charge in [0.05, 0.1) is 11.5 Å². The molecule has 0 bridgehead atoms. The maximum atomic E-state index is 9.72. The van der Waals surface area contributed by atoms with Gasteiger partial charge in [-0.3, -0.25) is 0 Å². The fourth-order valence-corrected chi connectivity index (χ4v) is 4.07. The molecule has 1 N–H and O–H groups in total. The normalized spacial score (nSPS) is 23.8. The van der Waals surface area contributed by atoms with E-state index in [9.17, 15) is 5.26 Å². The average molecular weight is 321 g/mol. The van der Waals surface area contributed by atoms with E-state index < -0.39 is 0 Å². The Morgan fingerprint density at radius 3 is 2.43 bits per heavy atom. The van der Waals surface area contributed by atoms with E-state index in [1.165, 1.54) is 4.88 Å². The standard InChI is InChI=1S/C19H19N3S/c20-12-17-6-7-18(23-17)13-22-16-8-10-19(14-21,11-9-16)15-4-2-1-3-5-15/h1-7,16,22H,8-11,13H2. The summed E-state index contributed by atoms with van der Waals surface area (Å²) in [6.07, 6.45) is 3.83. The number of hydrogen-bond donors (Lipinski definition) is 1. The molecule has 0 radical (unpaired) electrons. The molecule has 0 saturated heterocycles. The highest BCUT2D eigenvalue weighted by atomic mass is 32.1. The van der Waals surface area contributed by atoms with Crippen molar-refractivity contribution < 1.29 is 0 Å². The van der Waals surface area contributed by atoms with Crippen LogP contribution in [-0.4, -0.2) is 6.04 Å². The summed E-state index contributed by atoms with van der Waals surface area (Å²) in [6.45, 7) is 0.807. The van der Waals surface area contributed by atoms with Gasteiger partial charge in [0.1, 0.15) is 10.9 Å². The van der Waals surface area contributed by atoms with Gasteiger partial charge in [0, 0.05) is 17.5 Å².